The van der Waals surface area contributed by atoms with Crippen molar-refractivity contribution < 1.29 is 23.7 Å². The average molecular weight is 383 g/mol. The summed E-state index contributed by atoms with van der Waals surface area (Å²) >= 11 is 0. The average Bonchev–Trinajstić information content (AvgIpc) is 3.19. The number of hydrogen-bond acceptors (Lipinski definition) is 7. The Hall–Kier alpha value is -3.55. The van der Waals surface area contributed by atoms with Crippen molar-refractivity contribution in [2.75, 3.05) is 27.9 Å². The number of hydrogen-bond donors (Lipinski definition) is 0. The third kappa shape index (κ3) is 3.62. The van der Waals surface area contributed by atoms with E-state index < -0.39 is 5.97 Å². The molecule has 0 bridgehead atoms. The van der Waals surface area contributed by atoms with E-state index in [0.717, 1.165) is 0 Å². The van der Waals surface area contributed by atoms with Crippen molar-refractivity contribution in [2.24, 2.45) is 0 Å². The Labute approximate surface area is 162 Å². The minimum Gasteiger partial charge on any atom is -0.493 e. The Morgan fingerprint density at radius 2 is 1.75 bits per heavy atom. The number of aromatic nitrogens is 3. The zero-order valence-corrected chi connectivity index (χ0v) is 16.1. The molecule has 0 N–H and O–H groups in total. The van der Waals surface area contributed by atoms with Crippen LogP contribution in [0.3, 0.4) is 0 Å². The molecule has 0 unspecified atom stereocenters. The van der Waals surface area contributed by atoms with E-state index in [1.165, 1.54) is 26.0 Å². The zero-order chi connectivity index (χ0) is 20.1. The molecule has 0 fully saturated rings. The molecular weight excluding hydrogens is 362 g/mol. The second-order valence-corrected chi connectivity index (χ2v) is 5.65. The van der Waals surface area contributed by atoms with Crippen molar-refractivity contribution in [1.82, 2.24) is 14.8 Å². The van der Waals surface area contributed by atoms with Crippen LogP contribution in [0.2, 0.25) is 0 Å². The van der Waals surface area contributed by atoms with Gasteiger partial charge in [-0.1, -0.05) is 6.07 Å². The first-order chi connectivity index (χ1) is 13.6. The Balaban J connectivity index is 2.17. The molecule has 8 nitrogen and oxygen atoms in total. The molecule has 0 atom stereocenters. The molecule has 0 saturated heterocycles. The molecule has 0 amide bonds. The molecule has 0 spiro atoms. The first kappa shape index (κ1) is 19.2. The molecule has 8 heteroatoms. The van der Waals surface area contributed by atoms with Crippen LogP contribution in [0.1, 0.15) is 17.4 Å². The van der Waals surface area contributed by atoms with Gasteiger partial charge in [0.15, 0.2) is 23.0 Å². The third-order valence-electron chi connectivity index (χ3n) is 4.02. The quantitative estimate of drug-likeness (QED) is 0.580. The fraction of sp³-hybridized carbons (Fsp3) is 0.250. The number of pyridine rings is 1. The van der Waals surface area contributed by atoms with Crippen LogP contribution in [0.25, 0.3) is 17.1 Å². The van der Waals surface area contributed by atoms with Crippen molar-refractivity contribution in [1.29, 1.82) is 0 Å². The molecular formula is C20H21N3O5. The number of ether oxygens (including phenoxy) is 4. The van der Waals surface area contributed by atoms with Crippen molar-refractivity contribution >= 4 is 5.97 Å². The number of benzene rings is 1. The van der Waals surface area contributed by atoms with E-state index >= 15 is 0 Å². The number of esters is 1. The van der Waals surface area contributed by atoms with Crippen molar-refractivity contribution in [2.45, 2.75) is 6.92 Å². The number of nitrogens with zero attached hydrogens (tertiary/aromatic N) is 3. The van der Waals surface area contributed by atoms with E-state index in [1.807, 2.05) is 6.07 Å². The SMILES string of the molecule is CCOC(=O)c1cc(-c2cc(OC)c(OC)c(OC)c2)nn1-c1ccccn1. The van der Waals surface area contributed by atoms with E-state index in [2.05, 4.69) is 10.1 Å². The van der Waals surface area contributed by atoms with Gasteiger partial charge in [0.25, 0.3) is 0 Å². The van der Waals surface area contributed by atoms with Crippen LogP contribution < -0.4 is 14.2 Å². The third-order valence-corrected chi connectivity index (χ3v) is 4.02. The topological polar surface area (TPSA) is 84.7 Å². The highest BCUT2D eigenvalue weighted by atomic mass is 16.5. The van der Waals surface area contributed by atoms with Gasteiger partial charge in [0, 0.05) is 11.8 Å². The van der Waals surface area contributed by atoms with Gasteiger partial charge in [0.2, 0.25) is 5.75 Å². The highest BCUT2D eigenvalue weighted by Crippen LogP contribution is 2.41. The normalized spacial score (nSPS) is 10.4. The van der Waals surface area contributed by atoms with E-state index in [1.54, 1.807) is 43.5 Å². The lowest BCUT2D eigenvalue weighted by Gasteiger charge is -2.13. The molecule has 0 aliphatic rings. The van der Waals surface area contributed by atoms with Crippen molar-refractivity contribution in [3.05, 3.63) is 48.3 Å². The molecule has 28 heavy (non-hydrogen) atoms. The van der Waals surface area contributed by atoms with Gasteiger partial charge in [-0.2, -0.15) is 5.10 Å². The van der Waals surface area contributed by atoms with Gasteiger partial charge in [0.1, 0.15) is 0 Å². The van der Waals surface area contributed by atoms with E-state index in [-0.39, 0.29) is 12.3 Å². The van der Waals surface area contributed by atoms with Crippen LogP contribution in [0, 0.1) is 0 Å². The van der Waals surface area contributed by atoms with Crippen LogP contribution in [0.4, 0.5) is 0 Å². The van der Waals surface area contributed by atoms with Crippen LogP contribution in [0.15, 0.2) is 42.6 Å². The van der Waals surface area contributed by atoms with Crippen LogP contribution in [-0.4, -0.2) is 48.7 Å². The maximum absolute atomic E-state index is 12.4. The maximum atomic E-state index is 12.4. The maximum Gasteiger partial charge on any atom is 0.357 e. The molecule has 1 aromatic carbocycles. The highest BCUT2D eigenvalue weighted by Gasteiger charge is 2.21. The summed E-state index contributed by atoms with van der Waals surface area (Å²) in [5.41, 5.74) is 1.49. The van der Waals surface area contributed by atoms with Crippen molar-refractivity contribution in [3.63, 3.8) is 0 Å². The van der Waals surface area contributed by atoms with Crippen molar-refractivity contribution in [3.8, 4) is 34.3 Å². The predicted octanol–water partition coefficient (Wildman–Crippen LogP) is 3.14. The lowest BCUT2D eigenvalue weighted by atomic mass is 10.1. The molecule has 0 radical (unpaired) electrons. The fourth-order valence-electron chi connectivity index (χ4n) is 2.76. The lowest BCUT2D eigenvalue weighted by Crippen LogP contribution is -2.12. The smallest absolute Gasteiger partial charge is 0.357 e. The van der Waals surface area contributed by atoms with Crippen LogP contribution in [0.5, 0.6) is 17.2 Å². The summed E-state index contributed by atoms with van der Waals surface area (Å²) in [6, 6.07) is 10.5. The summed E-state index contributed by atoms with van der Waals surface area (Å²) < 4.78 is 22.8. The number of rotatable bonds is 7. The molecule has 146 valence electrons. The highest BCUT2D eigenvalue weighted by molar-refractivity contribution is 5.90. The van der Waals surface area contributed by atoms with Gasteiger partial charge in [-0.25, -0.2) is 14.5 Å². The number of methoxy groups -OCH3 is 3. The zero-order valence-electron chi connectivity index (χ0n) is 16.1. The van der Waals surface area contributed by atoms with Gasteiger partial charge >= 0.3 is 5.97 Å². The summed E-state index contributed by atoms with van der Waals surface area (Å²) in [6.07, 6.45) is 1.63. The second kappa shape index (κ2) is 8.43. The Kier molecular flexibility index (Phi) is 5.78. The summed E-state index contributed by atoms with van der Waals surface area (Å²) in [7, 11) is 4.61. The minimum absolute atomic E-state index is 0.256. The summed E-state index contributed by atoms with van der Waals surface area (Å²) in [5.74, 6) is 1.47. The molecule has 2 aromatic heterocycles. The van der Waals surface area contributed by atoms with Gasteiger partial charge in [-0.15, -0.1) is 0 Å². The molecule has 0 aliphatic heterocycles. The molecule has 0 saturated carbocycles. The molecule has 3 rings (SSSR count). The van der Waals surface area contributed by atoms with Gasteiger partial charge in [-0.3, -0.25) is 0 Å². The van der Waals surface area contributed by atoms with Crippen LogP contribution >= 0.6 is 0 Å². The molecule has 0 aliphatic carbocycles. The Bertz CT molecular complexity index is 944. The number of carbonyl (C=O) groups excluding carboxylic acids is 1. The fourth-order valence-corrected chi connectivity index (χ4v) is 2.76. The second-order valence-electron chi connectivity index (χ2n) is 5.65. The van der Waals surface area contributed by atoms with Gasteiger partial charge in [0.05, 0.1) is 33.6 Å². The lowest BCUT2D eigenvalue weighted by molar-refractivity contribution is 0.0515. The molecule has 3 aromatic rings. The number of carbonyl (C=O) groups is 1. The first-order valence-corrected chi connectivity index (χ1v) is 8.61. The summed E-state index contributed by atoms with van der Waals surface area (Å²) in [5, 5.41) is 4.56. The standard InChI is InChI=1S/C20H21N3O5/c1-5-28-20(24)15-12-14(22-23(15)18-8-6-7-9-21-18)13-10-16(25-2)19(27-4)17(11-13)26-3/h6-12H,5H2,1-4H3. The van der Waals surface area contributed by atoms with E-state index in [0.29, 0.717) is 34.3 Å². The Morgan fingerprint density at radius 3 is 2.29 bits per heavy atom. The van der Waals surface area contributed by atoms with Gasteiger partial charge < -0.3 is 18.9 Å². The first-order valence-electron chi connectivity index (χ1n) is 8.61. The minimum atomic E-state index is -0.487. The van der Waals surface area contributed by atoms with E-state index in [4.69, 9.17) is 18.9 Å². The van der Waals surface area contributed by atoms with Crippen LogP contribution in [-0.2, 0) is 4.74 Å². The molecule has 2 heterocycles. The monoisotopic (exact) mass is 383 g/mol. The summed E-state index contributed by atoms with van der Waals surface area (Å²) in [6.45, 7) is 2.01. The Morgan fingerprint density at radius 1 is 1.04 bits per heavy atom. The summed E-state index contributed by atoms with van der Waals surface area (Å²) in [4.78, 5) is 16.7. The van der Waals surface area contributed by atoms with E-state index in [9.17, 15) is 4.79 Å². The van der Waals surface area contributed by atoms with Gasteiger partial charge in [-0.05, 0) is 37.3 Å². The predicted molar refractivity (Wildman–Crippen MR) is 102 cm³/mol. The largest absolute Gasteiger partial charge is 0.493 e.